The molecule has 2 aromatic carbocycles. The summed E-state index contributed by atoms with van der Waals surface area (Å²) in [5.74, 6) is 0. The minimum absolute atomic E-state index is 0.0401. The van der Waals surface area contributed by atoms with Gasteiger partial charge in [-0.2, -0.15) is 0 Å². The molecular weight excluding hydrogens is 316 g/mol. The van der Waals surface area contributed by atoms with E-state index >= 15 is 0 Å². The van der Waals surface area contributed by atoms with E-state index in [0.717, 1.165) is 12.0 Å². The molecule has 0 amide bonds. The van der Waals surface area contributed by atoms with Gasteiger partial charge < -0.3 is 15.7 Å². The molecule has 0 heterocycles. The van der Waals surface area contributed by atoms with Crippen LogP contribution in [-0.2, 0) is 6.42 Å². The highest BCUT2D eigenvalue weighted by molar-refractivity contribution is 7.80. The Kier molecular flexibility index (Phi) is 6.65. The summed E-state index contributed by atoms with van der Waals surface area (Å²) in [4.78, 5) is 0. The summed E-state index contributed by atoms with van der Waals surface area (Å²) in [7, 11) is 0. The monoisotopic (exact) mass is 334 g/mol. The third-order valence-electron chi connectivity index (χ3n) is 3.26. The van der Waals surface area contributed by atoms with Crippen molar-refractivity contribution in [3.63, 3.8) is 0 Å². The van der Waals surface area contributed by atoms with E-state index < -0.39 is 0 Å². The van der Waals surface area contributed by atoms with E-state index in [0.29, 0.717) is 16.7 Å². The normalized spacial score (nSPS) is 11.7. The molecule has 0 fully saturated rings. The lowest BCUT2D eigenvalue weighted by Gasteiger charge is -2.21. The number of hydrogen-bond acceptors (Lipinski definition) is 2. The molecule has 0 saturated carbocycles. The number of thiocarbonyl (C=S) groups is 1. The Morgan fingerprint density at radius 3 is 2.41 bits per heavy atom. The lowest BCUT2D eigenvalue weighted by molar-refractivity contribution is 0.300. The van der Waals surface area contributed by atoms with Crippen molar-refractivity contribution >= 4 is 28.9 Å². The average molecular weight is 335 g/mol. The molecule has 0 spiro atoms. The summed E-state index contributed by atoms with van der Waals surface area (Å²) in [5.41, 5.74) is 2.33. The van der Waals surface area contributed by atoms with Gasteiger partial charge in [-0.15, -0.1) is 0 Å². The largest absolute Gasteiger partial charge is 0.395 e. The zero-order chi connectivity index (χ0) is 15.8. The molecule has 0 bridgehead atoms. The fourth-order valence-electron chi connectivity index (χ4n) is 2.18. The Morgan fingerprint density at radius 2 is 1.77 bits per heavy atom. The van der Waals surface area contributed by atoms with Crippen molar-refractivity contribution in [1.82, 2.24) is 10.6 Å². The fourth-order valence-corrected chi connectivity index (χ4v) is 2.55. The topological polar surface area (TPSA) is 44.3 Å². The average Bonchev–Trinajstić information content (AvgIpc) is 2.54. The van der Waals surface area contributed by atoms with Gasteiger partial charge in [0, 0.05) is 11.6 Å². The number of rotatable bonds is 6. The summed E-state index contributed by atoms with van der Waals surface area (Å²) in [6, 6.07) is 18.0. The first-order chi connectivity index (χ1) is 10.7. The van der Waals surface area contributed by atoms with Crippen molar-refractivity contribution in [1.29, 1.82) is 0 Å². The molecule has 0 aliphatic carbocycles. The van der Waals surface area contributed by atoms with Gasteiger partial charge in [-0.25, -0.2) is 0 Å². The Hall–Kier alpha value is -1.62. The molecule has 116 valence electrons. The molecule has 1 atom stereocenters. The number of hydrogen-bond donors (Lipinski definition) is 3. The van der Waals surface area contributed by atoms with E-state index in [2.05, 4.69) is 22.8 Å². The first-order valence-corrected chi connectivity index (χ1v) is 7.92. The van der Waals surface area contributed by atoms with Crippen LogP contribution in [0.4, 0.5) is 0 Å². The lowest BCUT2D eigenvalue weighted by atomic mass is 9.99. The van der Waals surface area contributed by atoms with Gasteiger partial charge in [-0.3, -0.25) is 0 Å². The van der Waals surface area contributed by atoms with Crippen LogP contribution < -0.4 is 10.6 Å². The van der Waals surface area contributed by atoms with E-state index in [4.69, 9.17) is 28.9 Å². The summed E-state index contributed by atoms with van der Waals surface area (Å²) in [5, 5.41) is 16.4. The van der Waals surface area contributed by atoms with Crippen molar-refractivity contribution in [2.45, 2.75) is 12.5 Å². The second kappa shape index (κ2) is 8.73. The maximum absolute atomic E-state index is 8.87. The summed E-state index contributed by atoms with van der Waals surface area (Å²) >= 11 is 11.2. The number of halogens is 1. The van der Waals surface area contributed by atoms with Crippen LogP contribution in [0.5, 0.6) is 0 Å². The standard InChI is InChI=1S/C17H19ClN2OS/c18-15-8-6-14(7-9-15)16(20-17(22)19-10-11-21)12-13-4-2-1-3-5-13/h1-9,16,21H,10-12H2,(H2,19,20,22). The first kappa shape index (κ1) is 16.7. The minimum Gasteiger partial charge on any atom is -0.395 e. The van der Waals surface area contributed by atoms with Crippen molar-refractivity contribution < 1.29 is 5.11 Å². The van der Waals surface area contributed by atoms with Gasteiger partial charge in [0.25, 0.3) is 0 Å². The quantitative estimate of drug-likeness (QED) is 0.710. The predicted molar refractivity (Wildman–Crippen MR) is 95.2 cm³/mol. The van der Waals surface area contributed by atoms with Crippen LogP contribution in [0.15, 0.2) is 54.6 Å². The maximum atomic E-state index is 8.87. The van der Waals surface area contributed by atoms with Gasteiger partial charge in [0.1, 0.15) is 0 Å². The molecule has 0 aromatic heterocycles. The Labute approximate surface area is 141 Å². The van der Waals surface area contributed by atoms with Crippen LogP contribution in [0.3, 0.4) is 0 Å². The molecule has 1 unspecified atom stereocenters. The minimum atomic E-state index is 0.0401. The molecule has 5 heteroatoms. The van der Waals surface area contributed by atoms with E-state index in [1.54, 1.807) is 0 Å². The number of aliphatic hydroxyl groups excluding tert-OH is 1. The predicted octanol–water partition coefficient (Wildman–Crippen LogP) is 3.08. The Morgan fingerprint density at radius 1 is 1.09 bits per heavy atom. The van der Waals surface area contributed by atoms with Gasteiger partial charge >= 0.3 is 0 Å². The third-order valence-corrected chi connectivity index (χ3v) is 3.77. The van der Waals surface area contributed by atoms with Crippen molar-refractivity contribution in [3.05, 3.63) is 70.7 Å². The summed E-state index contributed by atoms with van der Waals surface area (Å²) in [6.45, 7) is 0.483. The van der Waals surface area contributed by atoms with E-state index in [1.165, 1.54) is 5.56 Å². The Balaban J connectivity index is 2.13. The molecule has 0 saturated heterocycles. The Bertz CT molecular complexity index is 589. The molecule has 0 aliphatic heterocycles. The van der Waals surface area contributed by atoms with Crippen LogP contribution in [-0.4, -0.2) is 23.4 Å². The fraction of sp³-hybridized carbons (Fsp3) is 0.235. The van der Waals surface area contributed by atoms with Crippen molar-refractivity contribution in [2.24, 2.45) is 0 Å². The zero-order valence-electron chi connectivity index (χ0n) is 12.1. The van der Waals surface area contributed by atoms with E-state index in [-0.39, 0.29) is 12.6 Å². The van der Waals surface area contributed by atoms with Gasteiger partial charge in [-0.05, 0) is 41.9 Å². The highest BCUT2D eigenvalue weighted by Gasteiger charge is 2.13. The molecule has 2 rings (SSSR count). The van der Waals surface area contributed by atoms with Crippen LogP contribution in [0.25, 0.3) is 0 Å². The third kappa shape index (κ3) is 5.30. The van der Waals surface area contributed by atoms with Crippen LogP contribution in [0.2, 0.25) is 5.02 Å². The lowest BCUT2D eigenvalue weighted by Crippen LogP contribution is -2.39. The first-order valence-electron chi connectivity index (χ1n) is 7.13. The second-order valence-electron chi connectivity index (χ2n) is 4.92. The number of benzene rings is 2. The maximum Gasteiger partial charge on any atom is 0.166 e. The SMILES string of the molecule is OCCNC(=S)NC(Cc1ccccc1)c1ccc(Cl)cc1. The summed E-state index contributed by atoms with van der Waals surface area (Å²) < 4.78 is 0. The number of nitrogens with one attached hydrogen (secondary N) is 2. The van der Waals surface area contributed by atoms with Crippen molar-refractivity contribution in [2.75, 3.05) is 13.2 Å². The van der Waals surface area contributed by atoms with E-state index in [1.807, 2.05) is 42.5 Å². The smallest absolute Gasteiger partial charge is 0.166 e. The van der Waals surface area contributed by atoms with E-state index in [9.17, 15) is 0 Å². The molecule has 0 radical (unpaired) electrons. The highest BCUT2D eigenvalue weighted by Crippen LogP contribution is 2.20. The van der Waals surface area contributed by atoms with Gasteiger partial charge in [0.2, 0.25) is 0 Å². The van der Waals surface area contributed by atoms with Gasteiger partial charge in [0.15, 0.2) is 5.11 Å². The molecule has 0 aliphatic rings. The van der Waals surface area contributed by atoms with Crippen LogP contribution >= 0.6 is 23.8 Å². The van der Waals surface area contributed by atoms with Gasteiger partial charge in [0.05, 0.1) is 12.6 Å². The molecule has 3 nitrogen and oxygen atoms in total. The molecule has 2 aromatic rings. The second-order valence-corrected chi connectivity index (χ2v) is 5.76. The molecule has 22 heavy (non-hydrogen) atoms. The highest BCUT2D eigenvalue weighted by atomic mass is 35.5. The summed E-state index contributed by atoms with van der Waals surface area (Å²) in [6.07, 6.45) is 0.809. The van der Waals surface area contributed by atoms with Crippen LogP contribution in [0, 0.1) is 0 Å². The van der Waals surface area contributed by atoms with Crippen LogP contribution in [0.1, 0.15) is 17.2 Å². The van der Waals surface area contributed by atoms with Gasteiger partial charge in [-0.1, -0.05) is 54.1 Å². The van der Waals surface area contributed by atoms with Crippen molar-refractivity contribution in [3.8, 4) is 0 Å². The number of aliphatic hydroxyl groups is 1. The zero-order valence-corrected chi connectivity index (χ0v) is 13.7. The molecular formula is C17H19ClN2OS. The molecule has 3 N–H and O–H groups in total.